The molecular formula is C16H20N4O5. The lowest BCUT2D eigenvalue weighted by Crippen LogP contribution is -2.52. The van der Waals surface area contributed by atoms with E-state index in [-0.39, 0.29) is 23.2 Å². The first-order valence-corrected chi connectivity index (χ1v) is 8.25. The predicted octanol–water partition coefficient (Wildman–Crippen LogP) is 1.10. The monoisotopic (exact) mass is 348 g/mol. The van der Waals surface area contributed by atoms with Crippen LogP contribution in [0.2, 0.25) is 0 Å². The van der Waals surface area contributed by atoms with E-state index in [0.717, 1.165) is 13.1 Å². The first-order valence-electron chi connectivity index (χ1n) is 8.25. The predicted molar refractivity (Wildman–Crippen MR) is 90.4 cm³/mol. The lowest BCUT2D eigenvalue weighted by Gasteiger charge is -2.34. The normalized spacial score (nSPS) is 17.8. The molecule has 9 heteroatoms. The van der Waals surface area contributed by atoms with E-state index in [9.17, 15) is 19.7 Å². The molecule has 0 bridgehead atoms. The fourth-order valence-corrected chi connectivity index (χ4v) is 3.12. The Morgan fingerprint density at radius 1 is 1.48 bits per heavy atom. The number of fused-ring (bicyclic) bond motifs is 1. The minimum atomic E-state index is -0.571. The summed E-state index contributed by atoms with van der Waals surface area (Å²) in [5.41, 5.74) is 0.552. The van der Waals surface area contributed by atoms with Crippen molar-refractivity contribution < 1.29 is 14.1 Å². The van der Waals surface area contributed by atoms with E-state index in [0.29, 0.717) is 31.4 Å². The second-order valence-electron chi connectivity index (χ2n) is 6.17. The number of nitro groups is 1. The van der Waals surface area contributed by atoms with Gasteiger partial charge in [-0.15, -0.1) is 0 Å². The van der Waals surface area contributed by atoms with Crippen LogP contribution in [-0.2, 0) is 11.3 Å². The SMILES string of the molecule is CC1CNCCN1C(=O)CCCn1c(=O)oc2cc([N+](=O)[O-])ccc21. The summed E-state index contributed by atoms with van der Waals surface area (Å²) >= 11 is 0. The molecule has 2 heterocycles. The molecule has 1 atom stereocenters. The Morgan fingerprint density at radius 2 is 2.28 bits per heavy atom. The minimum Gasteiger partial charge on any atom is -0.407 e. The molecule has 0 aliphatic carbocycles. The first kappa shape index (κ1) is 17.2. The number of nitrogens with one attached hydrogen (secondary N) is 1. The molecule has 3 rings (SSSR count). The van der Waals surface area contributed by atoms with Gasteiger partial charge in [0.15, 0.2) is 5.58 Å². The Morgan fingerprint density at radius 3 is 3.00 bits per heavy atom. The fraction of sp³-hybridized carbons (Fsp3) is 0.500. The molecule has 0 spiro atoms. The fourth-order valence-electron chi connectivity index (χ4n) is 3.12. The Bertz CT molecular complexity index is 856. The molecule has 1 aromatic heterocycles. The molecule has 134 valence electrons. The number of amides is 1. The summed E-state index contributed by atoms with van der Waals surface area (Å²) < 4.78 is 6.49. The average Bonchev–Trinajstić information content (AvgIpc) is 2.90. The Labute approximate surface area is 143 Å². The van der Waals surface area contributed by atoms with Crippen LogP contribution in [0.15, 0.2) is 27.4 Å². The number of piperazine rings is 1. The molecular weight excluding hydrogens is 328 g/mol. The summed E-state index contributed by atoms with van der Waals surface area (Å²) in [6.07, 6.45) is 0.845. The van der Waals surface area contributed by atoms with Crippen LogP contribution in [0.25, 0.3) is 11.1 Å². The number of benzene rings is 1. The molecule has 9 nitrogen and oxygen atoms in total. The molecule has 0 saturated carbocycles. The third kappa shape index (κ3) is 3.55. The van der Waals surface area contributed by atoms with Crippen LogP contribution in [0.1, 0.15) is 19.8 Å². The Hall–Kier alpha value is -2.68. The molecule has 1 amide bonds. The van der Waals surface area contributed by atoms with Gasteiger partial charge in [0.1, 0.15) is 0 Å². The van der Waals surface area contributed by atoms with Crippen molar-refractivity contribution in [2.75, 3.05) is 19.6 Å². The van der Waals surface area contributed by atoms with Gasteiger partial charge in [0.2, 0.25) is 5.91 Å². The number of aromatic nitrogens is 1. The van der Waals surface area contributed by atoms with Crippen LogP contribution in [0.3, 0.4) is 0 Å². The lowest BCUT2D eigenvalue weighted by atomic mass is 10.2. The second kappa shape index (κ2) is 7.06. The maximum absolute atomic E-state index is 12.3. The summed E-state index contributed by atoms with van der Waals surface area (Å²) in [6, 6.07) is 4.24. The highest BCUT2D eigenvalue weighted by Gasteiger charge is 2.22. The number of nitrogens with zero attached hydrogens (tertiary/aromatic N) is 3. The number of carbonyl (C=O) groups excluding carboxylic acids is 1. The summed E-state index contributed by atoms with van der Waals surface area (Å²) in [5, 5.41) is 14.0. The van der Waals surface area contributed by atoms with Gasteiger partial charge in [0, 0.05) is 44.7 Å². The van der Waals surface area contributed by atoms with Crippen LogP contribution in [-0.4, -0.2) is 46.0 Å². The van der Waals surface area contributed by atoms with E-state index < -0.39 is 10.7 Å². The van der Waals surface area contributed by atoms with Crippen LogP contribution in [0.5, 0.6) is 0 Å². The number of carbonyl (C=O) groups is 1. The number of hydrogen-bond donors (Lipinski definition) is 1. The molecule has 1 unspecified atom stereocenters. The molecule has 1 aliphatic rings. The molecule has 1 fully saturated rings. The maximum atomic E-state index is 12.3. The first-order chi connectivity index (χ1) is 12.0. The zero-order valence-electron chi connectivity index (χ0n) is 13.9. The van der Waals surface area contributed by atoms with E-state index >= 15 is 0 Å². The maximum Gasteiger partial charge on any atom is 0.419 e. The molecule has 1 saturated heterocycles. The summed E-state index contributed by atoms with van der Waals surface area (Å²) in [7, 11) is 0. The molecule has 2 aromatic rings. The van der Waals surface area contributed by atoms with Crippen molar-refractivity contribution in [2.24, 2.45) is 0 Å². The smallest absolute Gasteiger partial charge is 0.407 e. The van der Waals surface area contributed by atoms with Gasteiger partial charge in [-0.2, -0.15) is 0 Å². The van der Waals surface area contributed by atoms with Crippen LogP contribution >= 0.6 is 0 Å². The number of nitro benzene ring substituents is 1. The van der Waals surface area contributed by atoms with Gasteiger partial charge in [0.25, 0.3) is 5.69 Å². The van der Waals surface area contributed by atoms with E-state index in [1.54, 1.807) is 0 Å². The van der Waals surface area contributed by atoms with Crippen molar-refractivity contribution in [3.8, 4) is 0 Å². The zero-order chi connectivity index (χ0) is 18.0. The molecule has 25 heavy (non-hydrogen) atoms. The third-order valence-electron chi connectivity index (χ3n) is 4.46. The topological polar surface area (TPSA) is 111 Å². The number of rotatable bonds is 5. The van der Waals surface area contributed by atoms with E-state index in [1.165, 1.54) is 22.8 Å². The van der Waals surface area contributed by atoms with Crippen molar-refractivity contribution in [3.05, 3.63) is 38.9 Å². The van der Waals surface area contributed by atoms with Gasteiger partial charge in [-0.1, -0.05) is 0 Å². The highest BCUT2D eigenvalue weighted by atomic mass is 16.6. The largest absolute Gasteiger partial charge is 0.419 e. The van der Waals surface area contributed by atoms with Crippen molar-refractivity contribution in [2.45, 2.75) is 32.4 Å². The summed E-state index contributed by atoms with van der Waals surface area (Å²) in [6.45, 7) is 4.61. The number of non-ortho nitro benzene ring substituents is 1. The number of hydrogen-bond acceptors (Lipinski definition) is 6. The van der Waals surface area contributed by atoms with Gasteiger partial charge >= 0.3 is 5.76 Å². The molecule has 1 aliphatic heterocycles. The zero-order valence-corrected chi connectivity index (χ0v) is 13.9. The van der Waals surface area contributed by atoms with Crippen molar-refractivity contribution in [1.29, 1.82) is 0 Å². The highest BCUT2D eigenvalue weighted by molar-refractivity contribution is 5.77. The quantitative estimate of drug-likeness (QED) is 0.640. The molecule has 1 N–H and O–H groups in total. The van der Waals surface area contributed by atoms with E-state index in [1.807, 2.05) is 11.8 Å². The van der Waals surface area contributed by atoms with Crippen LogP contribution in [0, 0.1) is 10.1 Å². The molecule has 0 radical (unpaired) electrons. The van der Waals surface area contributed by atoms with E-state index in [2.05, 4.69) is 5.32 Å². The standard InChI is InChI=1S/C16H20N4O5/c1-11-10-17-6-8-18(11)15(21)3-2-7-19-13-5-4-12(20(23)24)9-14(13)25-16(19)22/h4-5,9,11,17H,2-3,6-8,10H2,1H3. The number of aryl methyl sites for hydroxylation is 1. The van der Waals surface area contributed by atoms with Crippen molar-refractivity contribution in [3.63, 3.8) is 0 Å². The van der Waals surface area contributed by atoms with Gasteiger partial charge in [-0.3, -0.25) is 19.5 Å². The van der Waals surface area contributed by atoms with E-state index in [4.69, 9.17) is 4.42 Å². The summed E-state index contributed by atoms with van der Waals surface area (Å²) in [4.78, 5) is 36.4. The van der Waals surface area contributed by atoms with Gasteiger partial charge in [0.05, 0.1) is 16.5 Å². The van der Waals surface area contributed by atoms with Crippen LogP contribution < -0.4 is 11.1 Å². The van der Waals surface area contributed by atoms with Crippen molar-refractivity contribution in [1.82, 2.24) is 14.8 Å². The van der Waals surface area contributed by atoms with Crippen LogP contribution in [0.4, 0.5) is 5.69 Å². The number of oxazole rings is 1. The minimum absolute atomic E-state index is 0.0745. The highest BCUT2D eigenvalue weighted by Crippen LogP contribution is 2.20. The van der Waals surface area contributed by atoms with Gasteiger partial charge in [-0.25, -0.2) is 4.79 Å². The molecule has 1 aromatic carbocycles. The third-order valence-corrected chi connectivity index (χ3v) is 4.46. The second-order valence-corrected chi connectivity index (χ2v) is 6.17. The lowest BCUT2D eigenvalue weighted by molar-refractivity contribution is -0.384. The Kier molecular flexibility index (Phi) is 4.84. The Balaban J connectivity index is 1.67. The average molecular weight is 348 g/mol. The van der Waals surface area contributed by atoms with Gasteiger partial charge < -0.3 is 14.6 Å². The van der Waals surface area contributed by atoms with Crippen molar-refractivity contribution >= 4 is 22.7 Å². The summed E-state index contributed by atoms with van der Waals surface area (Å²) in [5.74, 6) is -0.496. The van der Waals surface area contributed by atoms with Gasteiger partial charge in [-0.05, 0) is 19.4 Å².